The molecule has 28 heavy (non-hydrogen) atoms. The smallest absolute Gasteiger partial charge is 0.359 e. The number of nitrogens with one attached hydrogen (secondary N) is 1. The molecular weight excluding hydrogens is 352 g/mol. The Hall–Kier alpha value is -1.10. The molecule has 0 saturated heterocycles. The topological polar surface area (TPSA) is 66.4 Å². The minimum atomic E-state index is -0.778. The first-order valence-corrected chi connectivity index (χ1v) is 11.6. The van der Waals surface area contributed by atoms with Crippen molar-refractivity contribution in [3.05, 3.63) is 0 Å². The first kappa shape index (κ1) is 26.9. The second-order valence-corrected chi connectivity index (χ2v) is 8.96. The number of rotatable bonds is 19. The second kappa shape index (κ2) is 16.8. The van der Waals surface area contributed by atoms with Gasteiger partial charge in [-0.05, 0) is 12.8 Å². The SMILES string of the molecule is CCCCCCCCC(CCCCCC)C(=O)NCCC[N+](C)(C)CC(=O)O. The van der Waals surface area contributed by atoms with Gasteiger partial charge in [-0.2, -0.15) is 0 Å². The lowest BCUT2D eigenvalue weighted by Gasteiger charge is -2.27. The highest BCUT2D eigenvalue weighted by Crippen LogP contribution is 2.19. The van der Waals surface area contributed by atoms with Gasteiger partial charge in [0.25, 0.3) is 0 Å². The molecule has 5 nitrogen and oxygen atoms in total. The Balaban J connectivity index is 4.23. The van der Waals surface area contributed by atoms with Gasteiger partial charge in [0.1, 0.15) is 0 Å². The Morgan fingerprint density at radius 3 is 1.86 bits per heavy atom. The minimum Gasteiger partial charge on any atom is -0.477 e. The van der Waals surface area contributed by atoms with Crippen molar-refractivity contribution in [2.75, 3.05) is 33.7 Å². The third-order valence-electron chi connectivity index (χ3n) is 5.49. The number of aliphatic carboxylic acids is 1. The molecule has 0 spiro atoms. The van der Waals surface area contributed by atoms with Gasteiger partial charge < -0.3 is 14.9 Å². The predicted molar refractivity (Wildman–Crippen MR) is 117 cm³/mol. The number of hydrogen-bond acceptors (Lipinski definition) is 2. The summed E-state index contributed by atoms with van der Waals surface area (Å²) in [5, 5.41) is 12.1. The number of carboxylic acid groups (broad SMARTS) is 1. The number of carboxylic acids is 1. The maximum atomic E-state index is 12.7. The van der Waals surface area contributed by atoms with Crippen molar-refractivity contribution >= 4 is 11.9 Å². The molecule has 0 aliphatic heterocycles. The lowest BCUT2D eigenvalue weighted by molar-refractivity contribution is -0.883. The van der Waals surface area contributed by atoms with E-state index in [2.05, 4.69) is 19.2 Å². The number of hydrogen-bond donors (Lipinski definition) is 2. The van der Waals surface area contributed by atoms with Crippen molar-refractivity contribution in [1.82, 2.24) is 5.32 Å². The number of likely N-dealkylation sites (N-methyl/N-ethyl adjacent to an activating group) is 1. The van der Waals surface area contributed by atoms with Crippen LogP contribution in [0.25, 0.3) is 0 Å². The lowest BCUT2D eigenvalue weighted by Crippen LogP contribution is -2.45. The maximum absolute atomic E-state index is 12.7. The summed E-state index contributed by atoms with van der Waals surface area (Å²) in [4.78, 5) is 23.6. The Kier molecular flexibility index (Phi) is 16.2. The van der Waals surface area contributed by atoms with Crippen LogP contribution in [0, 0.1) is 5.92 Å². The van der Waals surface area contributed by atoms with E-state index in [4.69, 9.17) is 5.11 Å². The molecule has 0 bridgehead atoms. The van der Waals surface area contributed by atoms with Gasteiger partial charge in [0, 0.05) is 18.9 Å². The monoisotopic (exact) mass is 399 g/mol. The van der Waals surface area contributed by atoms with Gasteiger partial charge in [-0.25, -0.2) is 4.79 Å². The summed E-state index contributed by atoms with van der Waals surface area (Å²) >= 11 is 0. The lowest BCUT2D eigenvalue weighted by atomic mass is 9.93. The molecule has 1 unspecified atom stereocenters. The van der Waals surface area contributed by atoms with Crippen molar-refractivity contribution in [3.63, 3.8) is 0 Å². The summed E-state index contributed by atoms with van der Waals surface area (Å²) in [6.07, 6.45) is 15.2. The summed E-state index contributed by atoms with van der Waals surface area (Å²) in [5.74, 6) is -0.432. The quantitative estimate of drug-likeness (QED) is 0.237. The third kappa shape index (κ3) is 15.9. The van der Waals surface area contributed by atoms with Crippen LogP contribution >= 0.6 is 0 Å². The van der Waals surface area contributed by atoms with Crippen molar-refractivity contribution in [3.8, 4) is 0 Å². The van der Waals surface area contributed by atoms with Crippen LogP contribution in [0.1, 0.15) is 97.3 Å². The molecule has 0 aliphatic rings. The standard InChI is InChI=1S/C23H46N2O3/c1-5-7-9-11-12-14-17-21(16-13-10-8-6-2)23(28)24-18-15-19-25(3,4)20-22(26)27/h21H,5-20H2,1-4H3,(H-,24,26,27,28)/p+1. The number of carbonyl (C=O) groups is 2. The van der Waals surface area contributed by atoms with Crippen LogP contribution in [0.2, 0.25) is 0 Å². The predicted octanol–water partition coefficient (Wildman–Crippen LogP) is 4.99. The fraction of sp³-hybridized carbons (Fsp3) is 0.913. The summed E-state index contributed by atoms with van der Waals surface area (Å²) in [7, 11) is 3.84. The molecule has 0 aromatic heterocycles. The third-order valence-corrected chi connectivity index (χ3v) is 5.49. The molecule has 5 heteroatoms. The molecule has 1 atom stereocenters. The Bertz CT molecular complexity index is 411. The number of carbonyl (C=O) groups excluding carboxylic acids is 1. The molecule has 1 amide bonds. The zero-order valence-corrected chi connectivity index (χ0v) is 19.1. The van der Waals surface area contributed by atoms with Gasteiger partial charge in [-0.3, -0.25) is 4.79 Å². The van der Waals surface area contributed by atoms with Gasteiger partial charge in [0.05, 0.1) is 20.6 Å². The number of amides is 1. The van der Waals surface area contributed by atoms with Crippen LogP contribution in [0.5, 0.6) is 0 Å². The molecule has 0 saturated carbocycles. The Morgan fingerprint density at radius 2 is 1.32 bits per heavy atom. The van der Waals surface area contributed by atoms with E-state index in [1.54, 1.807) is 0 Å². The molecule has 0 aliphatic carbocycles. The summed E-state index contributed by atoms with van der Waals surface area (Å²) in [6, 6.07) is 0. The molecule has 0 fully saturated rings. The Labute approximate surface area is 173 Å². The average Bonchev–Trinajstić information content (AvgIpc) is 2.62. The van der Waals surface area contributed by atoms with Gasteiger partial charge in [-0.1, -0.05) is 78.1 Å². The van der Waals surface area contributed by atoms with Crippen LogP contribution in [0.3, 0.4) is 0 Å². The van der Waals surface area contributed by atoms with Crippen molar-refractivity contribution in [2.24, 2.45) is 5.92 Å². The molecular formula is C23H47N2O3+. The summed E-state index contributed by atoms with van der Waals surface area (Å²) in [6.45, 7) is 5.96. The molecule has 166 valence electrons. The average molecular weight is 400 g/mol. The second-order valence-electron chi connectivity index (χ2n) is 8.96. The fourth-order valence-electron chi connectivity index (χ4n) is 3.70. The van der Waals surface area contributed by atoms with Crippen LogP contribution in [0.4, 0.5) is 0 Å². The van der Waals surface area contributed by atoms with E-state index in [0.29, 0.717) is 11.0 Å². The van der Waals surface area contributed by atoms with Gasteiger partial charge >= 0.3 is 5.97 Å². The summed E-state index contributed by atoms with van der Waals surface area (Å²) in [5.41, 5.74) is 0. The minimum absolute atomic E-state index is 0.117. The van der Waals surface area contributed by atoms with E-state index in [9.17, 15) is 9.59 Å². The van der Waals surface area contributed by atoms with Crippen LogP contribution in [-0.4, -0.2) is 55.2 Å². The number of nitrogens with zero attached hydrogens (tertiary/aromatic N) is 1. The van der Waals surface area contributed by atoms with Crippen molar-refractivity contribution in [1.29, 1.82) is 0 Å². The van der Waals surface area contributed by atoms with Gasteiger partial charge in [0.2, 0.25) is 5.91 Å². The van der Waals surface area contributed by atoms with Gasteiger partial charge in [-0.15, -0.1) is 0 Å². The first-order chi connectivity index (χ1) is 13.3. The van der Waals surface area contributed by atoms with Crippen LogP contribution in [0.15, 0.2) is 0 Å². The highest BCUT2D eigenvalue weighted by atomic mass is 16.4. The van der Waals surface area contributed by atoms with Crippen LogP contribution < -0.4 is 5.32 Å². The normalized spacial score (nSPS) is 12.7. The van der Waals surface area contributed by atoms with E-state index in [1.807, 2.05) is 14.1 Å². The van der Waals surface area contributed by atoms with E-state index >= 15 is 0 Å². The van der Waals surface area contributed by atoms with E-state index in [-0.39, 0.29) is 18.4 Å². The number of unbranched alkanes of at least 4 members (excludes halogenated alkanes) is 8. The summed E-state index contributed by atoms with van der Waals surface area (Å²) < 4.78 is 0.448. The molecule has 2 N–H and O–H groups in total. The molecule has 0 radical (unpaired) electrons. The Morgan fingerprint density at radius 1 is 0.821 bits per heavy atom. The highest BCUT2D eigenvalue weighted by molar-refractivity contribution is 5.78. The first-order valence-electron chi connectivity index (χ1n) is 11.6. The van der Waals surface area contributed by atoms with E-state index < -0.39 is 5.97 Å². The highest BCUT2D eigenvalue weighted by Gasteiger charge is 2.20. The van der Waals surface area contributed by atoms with E-state index in [1.165, 1.54) is 51.4 Å². The van der Waals surface area contributed by atoms with Gasteiger partial charge in [0.15, 0.2) is 6.54 Å². The molecule has 0 heterocycles. The van der Waals surface area contributed by atoms with Crippen molar-refractivity contribution in [2.45, 2.75) is 97.3 Å². The largest absolute Gasteiger partial charge is 0.477 e. The van der Waals surface area contributed by atoms with Crippen molar-refractivity contribution < 1.29 is 19.2 Å². The molecule has 0 rings (SSSR count). The number of quaternary nitrogens is 1. The fourth-order valence-corrected chi connectivity index (χ4v) is 3.70. The maximum Gasteiger partial charge on any atom is 0.359 e. The molecule has 0 aromatic rings. The molecule has 0 aromatic carbocycles. The zero-order chi connectivity index (χ0) is 21.3. The van der Waals surface area contributed by atoms with E-state index in [0.717, 1.165) is 38.6 Å². The zero-order valence-electron chi connectivity index (χ0n) is 19.1. The van der Waals surface area contributed by atoms with Crippen LogP contribution in [-0.2, 0) is 9.59 Å².